The Morgan fingerprint density at radius 1 is 1.35 bits per heavy atom. The van der Waals surface area contributed by atoms with Crippen molar-refractivity contribution in [3.63, 3.8) is 0 Å². The number of nitrogens with two attached hydrogens (primary N) is 1. The molecule has 17 heavy (non-hydrogen) atoms. The van der Waals surface area contributed by atoms with Gasteiger partial charge in [-0.05, 0) is 53.2 Å². The van der Waals surface area contributed by atoms with Gasteiger partial charge in [-0.2, -0.15) is 0 Å². The summed E-state index contributed by atoms with van der Waals surface area (Å²) in [5, 5.41) is 12.2. The molecule has 0 amide bonds. The van der Waals surface area contributed by atoms with Crippen LogP contribution in [0.3, 0.4) is 0 Å². The van der Waals surface area contributed by atoms with E-state index in [4.69, 9.17) is 5.73 Å². The van der Waals surface area contributed by atoms with Crippen LogP contribution in [0.5, 0.6) is 0 Å². The lowest BCUT2D eigenvalue weighted by atomic mass is 10.3. The molecule has 1 aliphatic rings. The van der Waals surface area contributed by atoms with E-state index in [1.54, 1.807) is 10.7 Å². The fourth-order valence-electron chi connectivity index (χ4n) is 1.55. The largest absolute Gasteiger partial charge is 0.399 e. The molecule has 3 rings (SSSR count). The van der Waals surface area contributed by atoms with Crippen LogP contribution in [0.25, 0.3) is 0 Å². The number of benzene rings is 1. The second-order valence-corrected chi connectivity index (χ2v) is 5.00. The van der Waals surface area contributed by atoms with Crippen LogP contribution in [0.1, 0.15) is 18.9 Å². The zero-order valence-electron chi connectivity index (χ0n) is 8.88. The molecule has 1 fully saturated rings. The van der Waals surface area contributed by atoms with E-state index < -0.39 is 0 Å². The van der Waals surface area contributed by atoms with Crippen LogP contribution >= 0.6 is 11.8 Å². The standard InChI is InChI=1S/C10H10FN5S/c11-6-3-7(12)5-9(4-6)17-10-13-14-15-16(10)8-1-2-8/h3-5,8H,1-2,12H2. The molecular formula is C10H10FN5S. The van der Waals surface area contributed by atoms with Crippen molar-refractivity contribution in [3.05, 3.63) is 24.0 Å². The SMILES string of the molecule is Nc1cc(F)cc(Sc2nnnn2C2CC2)c1. The third-order valence-electron chi connectivity index (χ3n) is 2.46. The Bertz CT molecular complexity index is 531. The van der Waals surface area contributed by atoms with Gasteiger partial charge in [-0.15, -0.1) is 5.10 Å². The summed E-state index contributed by atoms with van der Waals surface area (Å²) < 4.78 is 15.0. The second-order valence-electron chi connectivity index (χ2n) is 3.96. The Balaban J connectivity index is 1.88. The van der Waals surface area contributed by atoms with Crippen molar-refractivity contribution in [3.8, 4) is 0 Å². The number of hydrogen-bond donors (Lipinski definition) is 1. The molecule has 5 nitrogen and oxygen atoms in total. The quantitative estimate of drug-likeness (QED) is 0.843. The summed E-state index contributed by atoms with van der Waals surface area (Å²) in [4.78, 5) is 0.708. The van der Waals surface area contributed by atoms with E-state index in [-0.39, 0.29) is 5.82 Å². The Kier molecular flexibility index (Phi) is 2.47. The highest BCUT2D eigenvalue weighted by Crippen LogP contribution is 2.38. The van der Waals surface area contributed by atoms with E-state index in [2.05, 4.69) is 15.5 Å². The molecule has 0 unspecified atom stereocenters. The Hall–Kier alpha value is -1.63. The number of nitrogens with zero attached hydrogens (tertiary/aromatic N) is 4. The van der Waals surface area contributed by atoms with Gasteiger partial charge in [0.05, 0.1) is 6.04 Å². The maximum Gasteiger partial charge on any atom is 0.214 e. The molecular weight excluding hydrogens is 241 g/mol. The average molecular weight is 251 g/mol. The first-order chi connectivity index (χ1) is 8.22. The Morgan fingerprint density at radius 3 is 2.88 bits per heavy atom. The molecule has 1 saturated carbocycles. The van der Waals surface area contributed by atoms with Crippen LogP contribution in [-0.2, 0) is 0 Å². The van der Waals surface area contributed by atoms with Crippen molar-refractivity contribution in [2.24, 2.45) is 0 Å². The minimum atomic E-state index is -0.349. The first-order valence-electron chi connectivity index (χ1n) is 5.24. The third-order valence-corrected chi connectivity index (χ3v) is 3.38. The first kappa shape index (κ1) is 10.5. The highest BCUT2D eigenvalue weighted by atomic mass is 32.2. The molecule has 7 heteroatoms. The molecule has 2 aromatic rings. The van der Waals surface area contributed by atoms with Gasteiger partial charge in [0.2, 0.25) is 5.16 Å². The van der Waals surface area contributed by atoms with Crippen molar-refractivity contribution >= 4 is 17.4 Å². The zero-order valence-corrected chi connectivity index (χ0v) is 9.69. The van der Waals surface area contributed by atoms with Gasteiger partial charge in [0.1, 0.15) is 5.82 Å². The maximum absolute atomic E-state index is 13.2. The van der Waals surface area contributed by atoms with Gasteiger partial charge in [-0.1, -0.05) is 0 Å². The van der Waals surface area contributed by atoms with E-state index in [0.717, 1.165) is 12.8 Å². The van der Waals surface area contributed by atoms with Crippen molar-refractivity contribution in [2.45, 2.75) is 28.9 Å². The molecule has 1 aromatic heterocycles. The summed E-state index contributed by atoms with van der Waals surface area (Å²) in [5.41, 5.74) is 5.99. The van der Waals surface area contributed by atoms with Crippen LogP contribution in [0.2, 0.25) is 0 Å². The molecule has 2 N–H and O–H groups in total. The lowest BCUT2D eigenvalue weighted by molar-refractivity contribution is 0.565. The Morgan fingerprint density at radius 2 is 2.18 bits per heavy atom. The van der Waals surface area contributed by atoms with Gasteiger partial charge < -0.3 is 5.73 Å². The molecule has 0 radical (unpaired) electrons. The molecule has 0 spiro atoms. The number of nitrogen functional groups attached to an aromatic ring is 1. The van der Waals surface area contributed by atoms with Crippen LogP contribution < -0.4 is 5.73 Å². The molecule has 0 saturated heterocycles. The lowest BCUT2D eigenvalue weighted by Crippen LogP contribution is -1.98. The fraction of sp³-hybridized carbons (Fsp3) is 0.300. The molecule has 1 heterocycles. The first-order valence-corrected chi connectivity index (χ1v) is 6.06. The molecule has 88 valence electrons. The number of anilines is 1. The second kappa shape index (κ2) is 3.99. The molecule has 0 atom stereocenters. The van der Waals surface area contributed by atoms with Gasteiger partial charge in [-0.25, -0.2) is 9.07 Å². The number of rotatable bonds is 3. The van der Waals surface area contributed by atoms with Gasteiger partial charge >= 0.3 is 0 Å². The summed E-state index contributed by atoms with van der Waals surface area (Å²) in [6, 6.07) is 4.82. The minimum Gasteiger partial charge on any atom is -0.399 e. The summed E-state index contributed by atoms with van der Waals surface area (Å²) in [5.74, 6) is -0.349. The van der Waals surface area contributed by atoms with Gasteiger partial charge in [-0.3, -0.25) is 0 Å². The van der Waals surface area contributed by atoms with Gasteiger partial charge in [0, 0.05) is 10.6 Å². The number of hydrogen-bond acceptors (Lipinski definition) is 5. The summed E-state index contributed by atoms with van der Waals surface area (Å²) in [6.45, 7) is 0. The van der Waals surface area contributed by atoms with E-state index in [0.29, 0.717) is 21.8 Å². The van der Waals surface area contributed by atoms with Crippen molar-refractivity contribution in [2.75, 3.05) is 5.73 Å². The average Bonchev–Trinajstić information content (AvgIpc) is 2.99. The van der Waals surface area contributed by atoms with Crippen molar-refractivity contribution < 1.29 is 4.39 Å². The third kappa shape index (κ3) is 2.23. The molecule has 0 aliphatic heterocycles. The number of aromatic nitrogens is 4. The minimum absolute atomic E-state index is 0.349. The van der Waals surface area contributed by atoms with Crippen LogP contribution in [0.15, 0.2) is 28.3 Å². The predicted octanol–water partition coefficient (Wildman–Crippen LogP) is 1.88. The van der Waals surface area contributed by atoms with E-state index in [1.807, 2.05) is 0 Å². The maximum atomic E-state index is 13.2. The highest BCUT2D eigenvalue weighted by Gasteiger charge is 2.28. The van der Waals surface area contributed by atoms with Gasteiger partial charge in [0.15, 0.2) is 0 Å². The summed E-state index contributed by atoms with van der Waals surface area (Å²) in [7, 11) is 0. The topological polar surface area (TPSA) is 69.6 Å². The monoisotopic (exact) mass is 251 g/mol. The van der Waals surface area contributed by atoms with Gasteiger partial charge in [0.25, 0.3) is 0 Å². The lowest BCUT2D eigenvalue weighted by Gasteiger charge is -2.03. The van der Waals surface area contributed by atoms with E-state index >= 15 is 0 Å². The van der Waals surface area contributed by atoms with Crippen molar-refractivity contribution in [1.82, 2.24) is 20.2 Å². The predicted molar refractivity (Wildman–Crippen MR) is 61.0 cm³/mol. The van der Waals surface area contributed by atoms with Crippen LogP contribution in [0, 0.1) is 5.82 Å². The van der Waals surface area contributed by atoms with E-state index in [1.165, 1.54) is 23.9 Å². The summed E-state index contributed by atoms with van der Waals surface area (Å²) >= 11 is 1.32. The fourth-order valence-corrected chi connectivity index (χ4v) is 2.48. The number of tetrazole rings is 1. The summed E-state index contributed by atoms with van der Waals surface area (Å²) in [6.07, 6.45) is 2.20. The zero-order chi connectivity index (χ0) is 11.8. The number of halogens is 1. The van der Waals surface area contributed by atoms with E-state index in [9.17, 15) is 4.39 Å². The molecule has 0 bridgehead atoms. The molecule has 1 aromatic carbocycles. The Labute approximate surface area is 101 Å². The van der Waals surface area contributed by atoms with Crippen LogP contribution in [0.4, 0.5) is 10.1 Å². The smallest absolute Gasteiger partial charge is 0.214 e. The molecule has 1 aliphatic carbocycles. The van der Waals surface area contributed by atoms with Crippen molar-refractivity contribution in [1.29, 1.82) is 0 Å². The highest BCUT2D eigenvalue weighted by molar-refractivity contribution is 7.99. The van der Waals surface area contributed by atoms with Crippen LogP contribution in [-0.4, -0.2) is 20.2 Å². The normalized spacial score (nSPS) is 15.1.